The van der Waals surface area contributed by atoms with Gasteiger partial charge in [0, 0.05) is 0 Å². The third kappa shape index (κ3) is 3.27. The monoisotopic (exact) mass is 245 g/mol. The predicted octanol–water partition coefficient (Wildman–Crippen LogP) is 2.93. The van der Waals surface area contributed by atoms with Crippen LogP contribution in [0.2, 0.25) is 4.44 Å². The van der Waals surface area contributed by atoms with Gasteiger partial charge in [0.2, 0.25) is 0 Å². The van der Waals surface area contributed by atoms with Crippen LogP contribution in [0.1, 0.15) is 44.9 Å². The van der Waals surface area contributed by atoms with E-state index in [0.29, 0.717) is 0 Å². The minimum atomic E-state index is 1.12. The van der Waals surface area contributed by atoms with Gasteiger partial charge in [0.25, 0.3) is 0 Å². The van der Waals surface area contributed by atoms with Gasteiger partial charge in [0.05, 0.1) is 0 Å². The van der Waals surface area contributed by atoms with Crippen molar-refractivity contribution in [1.82, 2.24) is 0 Å². The Morgan fingerprint density at radius 2 is 1.80 bits per heavy atom. The van der Waals surface area contributed by atoms with Crippen LogP contribution in [0.25, 0.3) is 0 Å². The second-order valence-corrected chi connectivity index (χ2v) is 4.82. The molecule has 0 bridgehead atoms. The average Bonchev–Trinajstić information content (AvgIpc) is 2.03. The molecule has 10 heavy (non-hydrogen) atoms. The summed E-state index contributed by atoms with van der Waals surface area (Å²) in [7, 11) is 0. The number of rotatable bonds is 3. The molecular formula is C9H17Sn. The molecule has 0 aromatic rings. The molecule has 0 saturated heterocycles. The van der Waals surface area contributed by atoms with Crippen molar-refractivity contribution in [2.75, 3.05) is 0 Å². The Kier molecular flexibility index (Phi) is 4.85. The SMILES string of the molecule is [Sn][CH2]CCC1CCCCC1. The quantitative estimate of drug-likeness (QED) is 0.669. The molecule has 3 radical (unpaired) electrons. The first-order valence-corrected chi connectivity index (χ1v) is 6.60. The van der Waals surface area contributed by atoms with Crippen LogP contribution in [-0.4, -0.2) is 22.5 Å². The van der Waals surface area contributed by atoms with Crippen LogP contribution in [0.5, 0.6) is 0 Å². The van der Waals surface area contributed by atoms with E-state index in [1.54, 1.807) is 22.5 Å². The maximum absolute atomic E-state index is 1.73. The zero-order valence-corrected chi connectivity index (χ0v) is 9.59. The van der Waals surface area contributed by atoms with Gasteiger partial charge in [-0.25, -0.2) is 0 Å². The van der Waals surface area contributed by atoms with E-state index in [1.165, 1.54) is 49.4 Å². The Bertz CT molecular complexity index is 74.8. The zero-order valence-electron chi connectivity index (χ0n) is 6.73. The fraction of sp³-hybridized carbons (Fsp3) is 1.00. The summed E-state index contributed by atoms with van der Waals surface area (Å²) in [6, 6.07) is 0. The molecule has 0 aliphatic heterocycles. The molecule has 1 aliphatic rings. The fourth-order valence-electron chi connectivity index (χ4n) is 1.87. The van der Waals surface area contributed by atoms with E-state index in [2.05, 4.69) is 0 Å². The Morgan fingerprint density at radius 1 is 1.10 bits per heavy atom. The van der Waals surface area contributed by atoms with Crippen LogP contribution >= 0.6 is 0 Å². The predicted molar refractivity (Wildman–Crippen MR) is 46.4 cm³/mol. The standard InChI is InChI=1S/C9H17.Sn/c1-2-6-9-7-4-3-5-8-9;/h9H,1-8H2;. The Morgan fingerprint density at radius 3 is 2.40 bits per heavy atom. The van der Waals surface area contributed by atoms with Crippen molar-refractivity contribution in [2.24, 2.45) is 5.92 Å². The molecule has 0 unspecified atom stereocenters. The van der Waals surface area contributed by atoms with Crippen molar-refractivity contribution < 1.29 is 0 Å². The maximum atomic E-state index is 1.73. The molecule has 1 fully saturated rings. The first kappa shape index (κ1) is 8.89. The first-order valence-electron chi connectivity index (χ1n) is 4.58. The molecule has 0 aromatic heterocycles. The molecule has 0 spiro atoms. The van der Waals surface area contributed by atoms with Crippen LogP contribution in [0.3, 0.4) is 0 Å². The molecule has 1 aliphatic carbocycles. The molecule has 1 rings (SSSR count). The molecule has 1 heteroatoms. The van der Waals surface area contributed by atoms with E-state index < -0.39 is 0 Å². The van der Waals surface area contributed by atoms with Crippen molar-refractivity contribution in [3.63, 3.8) is 0 Å². The molecule has 0 atom stereocenters. The third-order valence-corrected chi connectivity index (χ3v) is 3.52. The summed E-state index contributed by atoms with van der Waals surface area (Å²) >= 11 is 1.73. The van der Waals surface area contributed by atoms with E-state index in [0.717, 1.165) is 5.92 Å². The number of hydrogen-bond donors (Lipinski definition) is 0. The van der Waals surface area contributed by atoms with Crippen molar-refractivity contribution in [1.29, 1.82) is 0 Å². The van der Waals surface area contributed by atoms with Crippen molar-refractivity contribution in [3.05, 3.63) is 0 Å². The van der Waals surface area contributed by atoms with E-state index in [1.807, 2.05) is 0 Å². The van der Waals surface area contributed by atoms with E-state index >= 15 is 0 Å². The van der Waals surface area contributed by atoms with Gasteiger partial charge >= 0.3 is 77.8 Å². The Hall–Kier alpha value is 0.799. The van der Waals surface area contributed by atoms with Crippen molar-refractivity contribution in [3.8, 4) is 0 Å². The minimum absolute atomic E-state index is 1.12. The van der Waals surface area contributed by atoms with Crippen molar-refractivity contribution in [2.45, 2.75) is 49.4 Å². The third-order valence-electron chi connectivity index (χ3n) is 2.51. The van der Waals surface area contributed by atoms with Gasteiger partial charge in [-0.05, 0) is 0 Å². The van der Waals surface area contributed by atoms with E-state index in [-0.39, 0.29) is 0 Å². The van der Waals surface area contributed by atoms with Crippen LogP contribution < -0.4 is 0 Å². The van der Waals surface area contributed by atoms with Gasteiger partial charge in [0.1, 0.15) is 0 Å². The summed E-state index contributed by atoms with van der Waals surface area (Å²) in [4.78, 5) is 0. The average molecular weight is 244 g/mol. The summed E-state index contributed by atoms with van der Waals surface area (Å²) < 4.78 is 1.48. The van der Waals surface area contributed by atoms with Gasteiger partial charge < -0.3 is 0 Å². The summed E-state index contributed by atoms with van der Waals surface area (Å²) in [5.41, 5.74) is 0. The van der Waals surface area contributed by atoms with Crippen molar-refractivity contribution >= 4 is 22.5 Å². The molecular weight excluding hydrogens is 227 g/mol. The number of hydrogen-bond acceptors (Lipinski definition) is 0. The molecule has 0 amide bonds. The van der Waals surface area contributed by atoms with Gasteiger partial charge in [-0.1, -0.05) is 0 Å². The summed E-state index contributed by atoms with van der Waals surface area (Å²) in [5, 5.41) is 0. The van der Waals surface area contributed by atoms with E-state index in [9.17, 15) is 0 Å². The first-order chi connectivity index (χ1) is 4.93. The van der Waals surface area contributed by atoms with Crippen LogP contribution in [-0.2, 0) is 0 Å². The molecule has 1 saturated carbocycles. The van der Waals surface area contributed by atoms with Gasteiger partial charge in [-0.15, -0.1) is 0 Å². The van der Waals surface area contributed by atoms with Crippen LogP contribution in [0.4, 0.5) is 0 Å². The molecule has 0 aromatic carbocycles. The van der Waals surface area contributed by atoms with Crippen LogP contribution in [0.15, 0.2) is 0 Å². The second-order valence-electron chi connectivity index (χ2n) is 3.40. The molecule has 57 valence electrons. The van der Waals surface area contributed by atoms with Gasteiger partial charge in [0.15, 0.2) is 0 Å². The second kappa shape index (κ2) is 5.45. The van der Waals surface area contributed by atoms with Gasteiger partial charge in [-0.2, -0.15) is 0 Å². The van der Waals surface area contributed by atoms with Crippen LogP contribution in [0, 0.1) is 5.92 Å². The summed E-state index contributed by atoms with van der Waals surface area (Å²) in [5.74, 6) is 1.12. The topological polar surface area (TPSA) is 0 Å². The summed E-state index contributed by atoms with van der Waals surface area (Å²) in [6.45, 7) is 0. The molecule has 0 nitrogen and oxygen atoms in total. The van der Waals surface area contributed by atoms with Gasteiger partial charge in [-0.3, -0.25) is 0 Å². The fourth-order valence-corrected chi connectivity index (χ4v) is 2.45. The zero-order chi connectivity index (χ0) is 7.23. The molecule has 0 N–H and O–H groups in total. The molecule has 0 heterocycles. The summed E-state index contributed by atoms with van der Waals surface area (Å²) in [6.07, 6.45) is 10.7. The van der Waals surface area contributed by atoms with E-state index in [4.69, 9.17) is 0 Å². The Balaban J connectivity index is 2.02. The normalized spacial score (nSPS) is 21.3. The Labute approximate surface area is 77.9 Å².